The lowest BCUT2D eigenvalue weighted by Crippen LogP contribution is -2.78. The minimum Gasteiger partial charge on any atom is -0.504 e. The number of ether oxygens (including phenoxy) is 2. The molecule has 1 unspecified atom stereocenters. The van der Waals surface area contributed by atoms with Gasteiger partial charge in [-0.25, -0.2) is 0 Å². The van der Waals surface area contributed by atoms with E-state index in [0.29, 0.717) is 11.8 Å². The lowest BCUT2D eigenvalue weighted by molar-refractivity contribution is -0.196. The highest BCUT2D eigenvalue weighted by molar-refractivity contribution is 5.97. The molecule has 5 nitrogen and oxygen atoms in total. The molecule has 1 N–H and O–H groups in total. The van der Waals surface area contributed by atoms with Gasteiger partial charge in [-0.3, -0.25) is 9.69 Å². The number of ketones is 1. The molecule has 0 radical (unpaired) electrons. The van der Waals surface area contributed by atoms with E-state index in [1.54, 1.807) is 20.1 Å². The fourth-order valence-electron chi connectivity index (χ4n) is 8.25. The molecule has 5 atom stereocenters. The molecule has 1 saturated heterocycles. The quantitative estimate of drug-likeness (QED) is 0.831. The summed E-state index contributed by atoms with van der Waals surface area (Å²) in [6.45, 7) is 3.90. The van der Waals surface area contributed by atoms with Gasteiger partial charge in [-0.1, -0.05) is 12.1 Å². The molecule has 0 amide bonds. The Morgan fingerprint density at radius 3 is 2.87 bits per heavy atom. The second-order valence-corrected chi connectivity index (χ2v) is 10.6. The van der Waals surface area contributed by atoms with Gasteiger partial charge in [0.2, 0.25) is 0 Å². The molecule has 7 aliphatic rings. The van der Waals surface area contributed by atoms with Gasteiger partial charge in [-0.2, -0.15) is 0 Å². The third kappa shape index (κ3) is 1.72. The SMILES string of the molecule is CO[C@@]12CC[C@]3(C=C1C(C)=O)[C@H]1Cc4ccc(O)c5c4C3(CCN1CC1CC1)[C@H]2O5. The summed E-state index contributed by atoms with van der Waals surface area (Å²) >= 11 is 0. The topological polar surface area (TPSA) is 59.0 Å². The summed E-state index contributed by atoms with van der Waals surface area (Å²) in [6, 6.07) is 4.28. The number of methoxy groups -OCH3 is 1. The van der Waals surface area contributed by atoms with Crippen LogP contribution in [-0.2, 0) is 21.4 Å². The lowest BCUT2D eigenvalue weighted by atomic mass is 9.37. The first-order valence-electron chi connectivity index (χ1n) is 11.5. The molecule has 0 aromatic heterocycles. The Morgan fingerprint density at radius 2 is 2.13 bits per heavy atom. The second kappa shape index (κ2) is 5.31. The molecule has 2 heterocycles. The van der Waals surface area contributed by atoms with Crippen molar-refractivity contribution in [3.63, 3.8) is 0 Å². The lowest BCUT2D eigenvalue weighted by Gasteiger charge is -2.70. The standard InChI is InChI=1S/C25H29NO4/c1-14(27)17-12-23-7-8-25(17,29-2)22-24(23)9-10-26(13-15-3-4-15)19(23)11-16-5-6-18(28)21(30-22)20(16)24/h5-6,12,15,19,22,28H,3-4,7-11,13H2,1-2H3/t19-,22-,23+,24?,25+/m1/s1. The van der Waals surface area contributed by atoms with Crippen LogP contribution >= 0.6 is 0 Å². The van der Waals surface area contributed by atoms with Gasteiger partial charge in [0, 0.05) is 36.2 Å². The van der Waals surface area contributed by atoms with Crippen LogP contribution in [0.4, 0.5) is 0 Å². The van der Waals surface area contributed by atoms with Gasteiger partial charge in [0.25, 0.3) is 0 Å². The molecular weight excluding hydrogens is 378 g/mol. The van der Waals surface area contributed by atoms with E-state index < -0.39 is 5.60 Å². The largest absolute Gasteiger partial charge is 0.504 e. The average molecular weight is 408 g/mol. The van der Waals surface area contributed by atoms with Crippen molar-refractivity contribution in [1.82, 2.24) is 4.90 Å². The fourth-order valence-corrected chi connectivity index (χ4v) is 8.25. The molecule has 4 bridgehead atoms. The number of fused-ring (bicyclic) bond motifs is 1. The van der Waals surface area contributed by atoms with Crippen molar-refractivity contribution in [2.24, 2.45) is 11.3 Å². The summed E-state index contributed by atoms with van der Waals surface area (Å²) in [4.78, 5) is 15.6. The number of aromatic hydroxyl groups is 1. The van der Waals surface area contributed by atoms with Crippen molar-refractivity contribution in [2.45, 2.75) is 68.6 Å². The highest BCUT2D eigenvalue weighted by Crippen LogP contribution is 2.74. The number of benzene rings is 1. The summed E-state index contributed by atoms with van der Waals surface area (Å²) in [5, 5.41) is 10.7. The summed E-state index contributed by atoms with van der Waals surface area (Å²) in [5.41, 5.74) is 2.26. The van der Waals surface area contributed by atoms with E-state index >= 15 is 0 Å². The molecule has 2 saturated carbocycles. The van der Waals surface area contributed by atoms with Crippen molar-refractivity contribution in [2.75, 3.05) is 20.2 Å². The van der Waals surface area contributed by atoms with Gasteiger partial charge in [-0.05, 0) is 69.5 Å². The fraction of sp³-hybridized carbons (Fsp3) is 0.640. The molecule has 2 aliphatic heterocycles. The molecule has 5 aliphatic carbocycles. The first-order chi connectivity index (χ1) is 14.5. The van der Waals surface area contributed by atoms with Gasteiger partial charge in [0.1, 0.15) is 11.7 Å². The van der Waals surface area contributed by atoms with Crippen molar-refractivity contribution >= 4 is 5.78 Å². The zero-order chi connectivity index (χ0) is 20.5. The number of phenolic OH excluding ortho intramolecular Hbond substituents is 1. The Kier molecular flexibility index (Phi) is 3.15. The monoisotopic (exact) mass is 407 g/mol. The second-order valence-electron chi connectivity index (χ2n) is 10.6. The van der Waals surface area contributed by atoms with E-state index in [1.807, 2.05) is 0 Å². The summed E-state index contributed by atoms with van der Waals surface area (Å²) in [7, 11) is 1.72. The Balaban J connectivity index is 1.53. The molecule has 3 fully saturated rings. The molecule has 30 heavy (non-hydrogen) atoms. The molecule has 1 aromatic rings. The number of carbonyl (C=O) groups excluding carboxylic acids is 1. The maximum Gasteiger partial charge on any atom is 0.165 e. The van der Waals surface area contributed by atoms with E-state index in [0.717, 1.165) is 43.7 Å². The van der Waals surface area contributed by atoms with Crippen LogP contribution in [0, 0.1) is 11.3 Å². The van der Waals surface area contributed by atoms with Crippen molar-refractivity contribution in [3.8, 4) is 11.5 Å². The Morgan fingerprint density at radius 1 is 1.30 bits per heavy atom. The smallest absolute Gasteiger partial charge is 0.165 e. The molecule has 5 heteroatoms. The van der Waals surface area contributed by atoms with E-state index in [2.05, 4.69) is 17.0 Å². The minimum atomic E-state index is -0.725. The number of Topliss-reactive ketones (excluding diaryl/α,β-unsaturated/α-hetero) is 1. The van der Waals surface area contributed by atoms with Crippen LogP contribution in [0.15, 0.2) is 23.8 Å². The first-order valence-corrected chi connectivity index (χ1v) is 11.5. The van der Waals surface area contributed by atoms with Crippen LogP contribution < -0.4 is 4.74 Å². The minimum absolute atomic E-state index is 0.0900. The summed E-state index contributed by atoms with van der Waals surface area (Å²) in [6.07, 6.45) is 8.56. The van der Waals surface area contributed by atoms with Crippen LogP contribution in [0.1, 0.15) is 50.2 Å². The van der Waals surface area contributed by atoms with Gasteiger partial charge < -0.3 is 14.6 Å². The molecule has 158 valence electrons. The van der Waals surface area contributed by atoms with Crippen LogP contribution in [0.25, 0.3) is 0 Å². The van der Waals surface area contributed by atoms with E-state index in [-0.39, 0.29) is 28.5 Å². The third-order valence-electron chi connectivity index (χ3n) is 9.55. The Bertz CT molecular complexity index is 1030. The zero-order valence-electron chi connectivity index (χ0n) is 17.7. The number of hydrogen-bond acceptors (Lipinski definition) is 5. The highest BCUT2D eigenvalue weighted by Gasteiger charge is 2.78. The summed E-state index contributed by atoms with van der Waals surface area (Å²) in [5.74, 6) is 1.80. The van der Waals surface area contributed by atoms with E-state index in [9.17, 15) is 9.90 Å². The number of hydrogen-bond donors (Lipinski definition) is 1. The van der Waals surface area contributed by atoms with E-state index in [1.165, 1.54) is 30.5 Å². The summed E-state index contributed by atoms with van der Waals surface area (Å²) < 4.78 is 12.9. The molecular formula is C25H29NO4. The van der Waals surface area contributed by atoms with Crippen molar-refractivity contribution in [3.05, 3.63) is 34.9 Å². The Hall–Kier alpha value is -1.85. The molecule has 8 rings (SSSR count). The van der Waals surface area contributed by atoms with Gasteiger partial charge in [0.05, 0.1) is 5.41 Å². The normalized spacial score (nSPS) is 42.5. The zero-order valence-corrected chi connectivity index (χ0v) is 17.7. The van der Waals surface area contributed by atoms with Crippen molar-refractivity contribution in [1.29, 1.82) is 0 Å². The molecule has 1 aromatic carbocycles. The Labute approximate surface area is 177 Å². The average Bonchev–Trinajstić information content (AvgIpc) is 3.48. The van der Waals surface area contributed by atoms with Crippen LogP contribution in [0.3, 0.4) is 0 Å². The number of piperidine rings is 1. The number of likely N-dealkylation sites (tertiary alicyclic amines) is 1. The maximum atomic E-state index is 12.9. The maximum absolute atomic E-state index is 12.9. The van der Waals surface area contributed by atoms with Crippen LogP contribution in [-0.4, -0.2) is 53.7 Å². The van der Waals surface area contributed by atoms with Gasteiger partial charge in [-0.15, -0.1) is 0 Å². The first kappa shape index (κ1) is 17.8. The predicted octanol–water partition coefficient (Wildman–Crippen LogP) is 3.13. The van der Waals surface area contributed by atoms with Gasteiger partial charge >= 0.3 is 0 Å². The third-order valence-corrected chi connectivity index (χ3v) is 9.55. The highest BCUT2D eigenvalue weighted by atomic mass is 16.6. The van der Waals surface area contributed by atoms with Crippen LogP contribution in [0.5, 0.6) is 11.5 Å². The number of rotatable bonds is 4. The molecule has 2 spiro atoms. The van der Waals surface area contributed by atoms with Crippen molar-refractivity contribution < 1.29 is 19.4 Å². The predicted molar refractivity (Wildman–Crippen MR) is 111 cm³/mol. The van der Waals surface area contributed by atoms with Gasteiger partial charge in [0.15, 0.2) is 17.3 Å². The van der Waals surface area contributed by atoms with E-state index in [4.69, 9.17) is 9.47 Å². The number of nitrogens with zero attached hydrogens (tertiary/aromatic N) is 1. The number of carbonyl (C=O) groups is 1. The number of phenols is 1. The van der Waals surface area contributed by atoms with Crippen LogP contribution in [0.2, 0.25) is 0 Å².